The second-order valence-corrected chi connectivity index (χ2v) is 7.81. The summed E-state index contributed by atoms with van der Waals surface area (Å²) in [7, 11) is 0. The molecular weight excluding hydrogens is 386 g/mol. The molecule has 1 aliphatic rings. The van der Waals surface area contributed by atoms with Crippen molar-refractivity contribution in [2.24, 2.45) is 0 Å². The van der Waals surface area contributed by atoms with Gasteiger partial charge in [0, 0.05) is 37.6 Å². The van der Waals surface area contributed by atoms with Crippen LogP contribution in [0.25, 0.3) is 0 Å². The fraction of sp³-hybridized carbons (Fsp3) is 0.421. The number of aryl methyl sites for hydroxylation is 1. The molecule has 6 nitrogen and oxygen atoms in total. The highest BCUT2D eigenvalue weighted by molar-refractivity contribution is 7.13. The van der Waals surface area contributed by atoms with E-state index in [9.17, 15) is 9.59 Å². The predicted octanol–water partition coefficient (Wildman–Crippen LogP) is 3.38. The first-order valence-corrected chi connectivity index (χ1v) is 10.1. The van der Waals surface area contributed by atoms with E-state index in [1.54, 1.807) is 29.2 Å². The Kier molecular flexibility index (Phi) is 6.34. The molecule has 0 radical (unpaired) electrons. The van der Waals surface area contributed by atoms with Crippen LogP contribution >= 0.6 is 22.9 Å². The Hall–Kier alpha value is -2.12. The van der Waals surface area contributed by atoms with E-state index in [4.69, 9.17) is 16.3 Å². The van der Waals surface area contributed by atoms with Crippen molar-refractivity contribution in [1.82, 2.24) is 14.8 Å². The van der Waals surface area contributed by atoms with Crippen molar-refractivity contribution < 1.29 is 14.3 Å². The number of benzene rings is 1. The molecule has 0 bridgehead atoms. The molecule has 1 aromatic heterocycles. The number of carbonyl (C=O) groups is 2. The molecule has 2 heterocycles. The summed E-state index contributed by atoms with van der Waals surface area (Å²) in [6, 6.07) is 7.13. The average Bonchev–Trinajstić information content (AvgIpc) is 3.07. The number of amides is 2. The first-order valence-electron chi connectivity index (χ1n) is 8.89. The Morgan fingerprint density at radius 1 is 1.15 bits per heavy atom. The van der Waals surface area contributed by atoms with Gasteiger partial charge < -0.3 is 14.5 Å². The van der Waals surface area contributed by atoms with Crippen molar-refractivity contribution in [2.45, 2.75) is 26.9 Å². The van der Waals surface area contributed by atoms with Crippen LogP contribution in [0.4, 0.5) is 0 Å². The third kappa shape index (κ3) is 4.78. The molecule has 1 aromatic carbocycles. The molecule has 2 amide bonds. The van der Waals surface area contributed by atoms with E-state index in [-0.39, 0.29) is 11.8 Å². The SMILES string of the molecule is CCC(=O)N1CCN(C(=O)c2sc(COc3ccc(Cl)cc3)nc2C)CC1. The number of aromatic nitrogens is 1. The Morgan fingerprint density at radius 2 is 1.78 bits per heavy atom. The maximum Gasteiger partial charge on any atom is 0.265 e. The van der Waals surface area contributed by atoms with Crippen LogP contribution in [-0.4, -0.2) is 52.8 Å². The lowest BCUT2D eigenvalue weighted by Crippen LogP contribution is -2.50. The third-order valence-electron chi connectivity index (χ3n) is 4.43. The Bertz CT molecular complexity index is 814. The third-order valence-corrected chi connectivity index (χ3v) is 5.80. The van der Waals surface area contributed by atoms with Crippen molar-refractivity contribution in [3.63, 3.8) is 0 Å². The van der Waals surface area contributed by atoms with Gasteiger partial charge in [-0.15, -0.1) is 11.3 Å². The van der Waals surface area contributed by atoms with E-state index < -0.39 is 0 Å². The highest BCUT2D eigenvalue weighted by atomic mass is 35.5. The summed E-state index contributed by atoms with van der Waals surface area (Å²) >= 11 is 7.23. The van der Waals surface area contributed by atoms with E-state index in [2.05, 4.69) is 4.98 Å². The Labute approximate surface area is 167 Å². The van der Waals surface area contributed by atoms with Gasteiger partial charge in [0.15, 0.2) is 0 Å². The van der Waals surface area contributed by atoms with Crippen LogP contribution in [0.15, 0.2) is 24.3 Å². The first-order chi connectivity index (χ1) is 13.0. The van der Waals surface area contributed by atoms with E-state index >= 15 is 0 Å². The molecule has 0 spiro atoms. The zero-order valence-electron chi connectivity index (χ0n) is 15.4. The molecule has 0 aliphatic carbocycles. The molecular formula is C19H22ClN3O3S. The van der Waals surface area contributed by atoms with Gasteiger partial charge in [0.1, 0.15) is 22.2 Å². The summed E-state index contributed by atoms with van der Waals surface area (Å²) in [5.41, 5.74) is 0.715. The van der Waals surface area contributed by atoms with Gasteiger partial charge in [0.05, 0.1) is 5.69 Å². The minimum atomic E-state index is -0.0219. The van der Waals surface area contributed by atoms with Gasteiger partial charge in [-0.25, -0.2) is 4.98 Å². The van der Waals surface area contributed by atoms with Gasteiger partial charge in [-0.1, -0.05) is 18.5 Å². The highest BCUT2D eigenvalue weighted by Crippen LogP contribution is 2.23. The quantitative estimate of drug-likeness (QED) is 0.762. The van der Waals surface area contributed by atoms with Crippen LogP contribution in [0.5, 0.6) is 5.75 Å². The maximum absolute atomic E-state index is 12.8. The molecule has 0 N–H and O–H groups in total. The van der Waals surface area contributed by atoms with Crippen LogP contribution in [-0.2, 0) is 11.4 Å². The predicted molar refractivity (Wildman–Crippen MR) is 105 cm³/mol. The summed E-state index contributed by atoms with van der Waals surface area (Å²) in [6.07, 6.45) is 0.499. The number of hydrogen-bond donors (Lipinski definition) is 0. The Morgan fingerprint density at radius 3 is 2.41 bits per heavy atom. The second kappa shape index (κ2) is 8.71. The fourth-order valence-electron chi connectivity index (χ4n) is 2.91. The number of piperazine rings is 1. The molecule has 2 aromatic rings. The number of halogens is 1. The summed E-state index contributed by atoms with van der Waals surface area (Å²) in [6.45, 7) is 6.28. The van der Waals surface area contributed by atoms with Crippen molar-refractivity contribution in [2.75, 3.05) is 26.2 Å². The van der Waals surface area contributed by atoms with Crippen molar-refractivity contribution >= 4 is 34.8 Å². The van der Waals surface area contributed by atoms with Crippen LogP contribution in [0.1, 0.15) is 33.7 Å². The topological polar surface area (TPSA) is 62.7 Å². The molecule has 0 unspecified atom stereocenters. The Balaban J connectivity index is 1.59. The number of nitrogens with zero attached hydrogens (tertiary/aromatic N) is 3. The lowest BCUT2D eigenvalue weighted by molar-refractivity contribution is -0.132. The van der Waals surface area contributed by atoms with Crippen LogP contribution in [0, 0.1) is 6.92 Å². The maximum atomic E-state index is 12.8. The van der Waals surface area contributed by atoms with Gasteiger partial charge in [-0.2, -0.15) is 0 Å². The molecule has 144 valence electrons. The van der Waals surface area contributed by atoms with Crippen molar-refractivity contribution in [3.8, 4) is 5.75 Å². The monoisotopic (exact) mass is 407 g/mol. The van der Waals surface area contributed by atoms with Gasteiger partial charge in [0.25, 0.3) is 5.91 Å². The minimum Gasteiger partial charge on any atom is -0.486 e. The van der Waals surface area contributed by atoms with E-state index in [1.165, 1.54) is 11.3 Å². The van der Waals surface area contributed by atoms with Crippen LogP contribution in [0.3, 0.4) is 0 Å². The van der Waals surface area contributed by atoms with Crippen molar-refractivity contribution in [3.05, 3.63) is 44.9 Å². The second-order valence-electron chi connectivity index (χ2n) is 6.29. The lowest BCUT2D eigenvalue weighted by Gasteiger charge is -2.34. The molecule has 0 atom stereocenters. The van der Waals surface area contributed by atoms with Gasteiger partial charge in [-0.3, -0.25) is 9.59 Å². The summed E-state index contributed by atoms with van der Waals surface area (Å²) in [5, 5.41) is 1.41. The average molecular weight is 408 g/mol. The van der Waals surface area contributed by atoms with Gasteiger partial charge >= 0.3 is 0 Å². The van der Waals surface area contributed by atoms with E-state index in [1.807, 2.05) is 18.7 Å². The zero-order chi connectivity index (χ0) is 19.4. The van der Waals surface area contributed by atoms with Gasteiger partial charge in [-0.05, 0) is 31.2 Å². The van der Waals surface area contributed by atoms with Crippen molar-refractivity contribution in [1.29, 1.82) is 0 Å². The number of hydrogen-bond acceptors (Lipinski definition) is 5. The molecule has 8 heteroatoms. The van der Waals surface area contributed by atoms with Crippen LogP contribution in [0.2, 0.25) is 5.02 Å². The van der Waals surface area contributed by atoms with E-state index in [0.29, 0.717) is 60.5 Å². The standard InChI is InChI=1S/C19H22ClN3O3S/c1-3-17(24)22-8-10-23(11-9-22)19(25)18-13(2)21-16(27-18)12-26-15-6-4-14(20)5-7-15/h4-7H,3,8-12H2,1-2H3. The smallest absolute Gasteiger partial charge is 0.265 e. The number of carbonyl (C=O) groups excluding carboxylic acids is 2. The molecule has 1 saturated heterocycles. The molecule has 0 saturated carbocycles. The zero-order valence-corrected chi connectivity index (χ0v) is 17.0. The van der Waals surface area contributed by atoms with Gasteiger partial charge in [0.2, 0.25) is 5.91 Å². The van der Waals surface area contributed by atoms with Crippen LogP contribution < -0.4 is 4.74 Å². The largest absolute Gasteiger partial charge is 0.486 e. The number of ether oxygens (including phenoxy) is 1. The fourth-order valence-corrected chi connectivity index (χ4v) is 3.99. The highest BCUT2D eigenvalue weighted by Gasteiger charge is 2.26. The molecule has 27 heavy (non-hydrogen) atoms. The minimum absolute atomic E-state index is 0.0219. The number of rotatable bonds is 5. The summed E-state index contributed by atoms with van der Waals surface area (Å²) < 4.78 is 5.71. The lowest BCUT2D eigenvalue weighted by atomic mass is 10.2. The molecule has 1 fully saturated rings. The first kappa shape index (κ1) is 19.6. The molecule has 3 rings (SSSR count). The van der Waals surface area contributed by atoms with E-state index in [0.717, 1.165) is 5.01 Å². The molecule has 1 aliphatic heterocycles. The summed E-state index contributed by atoms with van der Waals surface area (Å²) in [5.74, 6) is 0.820. The normalized spacial score (nSPS) is 14.3. The number of thiazole rings is 1. The summed E-state index contributed by atoms with van der Waals surface area (Å²) in [4.78, 5) is 33.3.